The number of fused-ring (bicyclic) bond motifs is 1. The highest BCUT2D eigenvalue weighted by Crippen LogP contribution is 2.34. The van der Waals surface area contributed by atoms with Gasteiger partial charge in [0.1, 0.15) is 11.6 Å². The maximum absolute atomic E-state index is 13.1. The SMILES string of the molecule is OCCCn1cc(CN2CCC[C@H]2c2ccc(Nc3ccc(F)cn3)cn2)c2ccccc21. The van der Waals surface area contributed by atoms with Crippen LogP contribution in [0.5, 0.6) is 0 Å². The van der Waals surface area contributed by atoms with E-state index in [1.165, 1.54) is 28.7 Å². The molecule has 5 rings (SSSR count). The lowest BCUT2D eigenvalue weighted by Crippen LogP contribution is -2.23. The molecule has 4 aromatic rings. The highest BCUT2D eigenvalue weighted by molar-refractivity contribution is 5.84. The number of benzene rings is 1. The Bertz CT molecular complexity index is 1210. The number of nitrogens with zero attached hydrogens (tertiary/aromatic N) is 4. The second kappa shape index (κ2) is 9.68. The summed E-state index contributed by atoms with van der Waals surface area (Å²) in [5, 5.41) is 13.7. The molecule has 0 saturated carbocycles. The summed E-state index contributed by atoms with van der Waals surface area (Å²) in [5.41, 5.74) is 4.43. The maximum atomic E-state index is 13.1. The molecule has 0 amide bonds. The van der Waals surface area contributed by atoms with Crippen LogP contribution in [0.15, 0.2) is 67.1 Å². The second-order valence-electron chi connectivity index (χ2n) is 8.53. The van der Waals surface area contributed by atoms with Crippen molar-refractivity contribution in [2.75, 3.05) is 18.5 Å². The Kier molecular flexibility index (Phi) is 6.32. The van der Waals surface area contributed by atoms with Crippen LogP contribution < -0.4 is 5.32 Å². The van der Waals surface area contributed by atoms with Crippen molar-refractivity contribution in [3.63, 3.8) is 0 Å². The van der Waals surface area contributed by atoms with Gasteiger partial charge >= 0.3 is 0 Å². The number of aliphatic hydroxyl groups is 1. The molecule has 1 saturated heterocycles. The van der Waals surface area contributed by atoms with Crippen LogP contribution in [0.4, 0.5) is 15.9 Å². The minimum atomic E-state index is -0.355. The highest BCUT2D eigenvalue weighted by atomic mass is 19.1. The van der Waals surface area contributed by atoms with Crippen LogP contribution in [-0.4, -0.2) is 37.7 Å². The first-order valence-corrected chi connectivity index (χ1v) is 11.5. The molecule has 33 heavy (non-hydrogen) atoms. The average molecular weight is 446 g/mol. The van der Waals surface area contributed by atoms with E-state index in [2.05, 4.69) is 56.3 Å². The van der Waals surface area contributed by atoms with Gasteiger partial charge in [-0.1, -0.05) is 18.2 Å². The molecule has 1 atom stereocenters. The Balaban J connectivity index is 1.32. The number of aromatic nitrogens is 3. The van der Waals surface area contributed by atoms with Gasteiger partial charge in [-0.15, -0.1) is 0 Å². The summed E-state index contributed by atoms with van der Waals surface area (Å²) in [7, 11) is 0. The summed E-state index contributed by atoms with van der Waals surface area (Å²) in [6, 6.07) is 15.8. The molecular weight excluding hydrogens is 417 g/mol. The molecule has 0 bridgehead atoms. The molecule has 2 N–H and O–H groups in total. The molecule has 0 spiro atoms. The fraction of sp³-hybridized carbons (Fsp3) is 0.308. The Labute approximate surface area is 192 Å². The van der Waals surface area contributed by atoms with Gasteiger partial charge in [0, 0.05) is 36.8 Å². The van der Waals surface area contributed by atoms with E-state index in [4.69, 9.17) is 4.98 Å². The Morgan fingerprint density at radius 1 is 1.06 bits per heavy atom. The zero-order valence-corrected chi connectivity index (χ0v) is 18.5. The minimum Gasteiger partial charge on any atom is -0.396 e. The molecule has 0 unspecified atom stereocenters. The van der Waals surface area contributed by atoms with E-state index in [9.17, 15) is 9.50 Å². The molecule has 0 aliphatic carbocycles. The standard InChI is InChI=1S/C26H28FN5O/c27-20-8-11-26(29-15-20)30-21-9-10-23(28-16-21)25-7-3-12-32(25)18-19-17-31(13-4-14-33)24-6-2-1-5-22(19)24/h1-2,5-6,8-11,15-17,25,33H,3-4,7,12-14,18H2,(H,29,30)/t25-/m0/s1. The Morgan fingerprint density at radius 3 is 2.76 bits per heavy atom. The number of nitrogens with one attached hydrogen (secondary N) is 1. The summed E-state index contributed by atoms with van der Waals surface area (Å²) in [6.07, 6.45) is 8.24. The lowest BCUT2D eigenvalue weighted by atomic mass is 10.1. The van der Waals surface area contributed by atoms with Gasteiger partial charge in [0.15, 0.2) is 0 Å². The Hall–Kier alpha value is -3.29. The van der Waals surface area contributed by atoms with Crippen molar-refractivity contribution in [3.8, 4) is 0 Å². The first-order valence-electron chi connectivity index (χ1n) is 11.5. The number of aryl methyl sites for hydroxylation is 1. The van der Waals surface area contributed by atoms with Crippen LogP contribution >= 0.6 is 0 Å². The molecule has 1 fully saturated rings. The lowest BCUT2D eigenvalue weighted by molar-refractivity contribution is 0.245. The maximum Gasteiger partial charge on any atom is 0.141 e. The van der Waals surface area contributed by atoms with Crippen LogP contribution in [0, 0.1) is 5.82 Å². The zero-order valence-electron chi connectivity index (χ0n) is 18.5. The third-order valence-electron chi connectivity index (χ3n) is 6.29. The van der Waals surface area contributed by atoms with Crippen molar-refractivity contribution in [3.05, 3.63) is 84.2 Å². The number of anilines is 2. The summed E-state index contributed by atoms with van der Waals surface area (Å²) in [6.45, 7) is 2.93. The van der Waals surface area contributed by atoms with E-state index >= 15 is 0 Å². The monoisotopic (exact) mass is 445 g/mol. The zero-order chi connectivity index (χ0) is 22.6. The van der Waals surface area contributed by atoms with Gasteiger partial charge in [0.25, 0.3) is 0 Å². The smallest absolute Gasteiger partial charge is 0.141 e. The van der Waals surface area contributed by atoms with Crippen molar-refractivity contribution in [1.82, 2.24) is 19.4 Å². The molecule has 1 aliphatic rings. The Morgan fingerprint density at radius 2 is 1.97 bits per heavy atom. The molecule has 7 heteroatoms. The van der Waals surface area contributed by atoms with Crippen LogP contribution in [0.2, 0.25) is 0 Å². The summed E-state index contributed by atoms with van der Waals surface area (Å²) < 4.78 is 15.3. The minimum absolute atomic E-state index is 0.198. The molecule has 6 nitrogen and oxygen atoms in total. The van der Waals surface area contributed by atoms with Crippen LogP contribution in [0.25, 0.3) is 10.9 Å². The third kappa shape index (κ3) is 4.74. The van der Waals surface area contributed by atoms with E-state index in [0.29, 0.717) is 5.82 Å². The largest absolute Gasteiger partial charge is 0.396 e. The number of likely N-dealkylation sites (tertiary alicyclic amines) is 1. The quantitative estimate of drug-likeness (QED) is 0.398. The van der Waals surface area contributed by atoms with Gasteiger partial charge in [-0.05, 0) is 61.7 Å². The predicted octanol–water partition coefficient (Wildman–Crippen LogP) is 5.03. The number of rotatable bonds is 8. The highest BCUT2D eigenvalue weighted by Gasteiger charge is 2.28. The molecule has 3 aromatic heterocycles. The third-order valence-corrected chi connectivity index (χ3v) is 6.29. The van der Waals surface area contributed by atoms with Crippen molar-refractivity contribution >= 4 is 22.4 Å². The van der Waals surface area contributed by atoms with Gasteiger partial charge in [-0.25, -0.2) is 9.37 Å². The normalized spacial score (nSPS) is 16.5. The summed E-state index contributed by atoms with van der Waals surface area (Å²) in [4.78, 5) is 11.3. The first-order chi connectivity index (χ1) is 16.2. The summed E-state index contributed by atoms with van der Waals surface area (Å²) >= 11 is 0. The number of halogens is 1. The van der Waals surface area contributed by atoms with Crippen molar-refractivity contribution < 1.29 is 9.50 Å². The van der Waals surface area contributed by atoms with Crippen molar-refractivity contribution in [1.29, 1.82) is 0 Å². The number of pyridine rings is 2. The lowest BCUT2D eigenvalue weighted by Gasteiger charge is -2.24. The predicted molar refractivity (Wildman–Crippen MR) is 128 cm³/mol. The molecule has 1 aromatic carbocycles. The number of para-hydroxylation sites is 1. The number of hydrogen-bond acceptors (Lipinski definition) is 5. The molecule has 170 valence electrons. The van der Waals surface area contributed by atoms with Gasteiger partial charge in [0.05, 0.1) is 29.8 Å². The van der Waals surface area contributed by atoms with Gasteiger partial charge in [0.2, 0.25) is 0 Å². The van der Waals surface area contributed by atoms with Crippen molar-refractivity contribution in [2.45, 2.75) is 38.4 Å². The molecule has 1 aliphatic heterocycles. The fourth-order valence-corrected chi connectivity index (χ4v) is 4.72. The van der Waals surface area contributed by atoms with E-state index in [1.54, 1.807) is 6.07 Å². The van der Waals surface area contributed by atoms with E-state index in [0.717, 1.165) is 50.3 Å². The van der Waals surface area contributed by atoms with Crippen LogP contribution in [0.3, 0.4) is 0 Å². The van der Waals surface area contributed by atoms with Crippen LogP contribution in [-0.2, 0) is 13.1 Å². The molecular formula is C26H28FN5O. The van der Waals surface area contributed by atoms with Gasteiger partial charge in [-0.2, -0.15) is 0 Å². The summed E-state index contributed by atoms with van der Waals surface area (Å²) in [5.74, 6) is 0.234. The van der Waals surface area contributed by atoms with E-state index in [1.807, 2.05) is 12.3 Å². The molecule has 0 radical (unpaired) electrons. The average Bonchev–Trinajstić information content (AvgIpc) is 3.45. The second-order valence-corrected chi connectivity index (χ2v) is 8.53. The number of hydrogen-bond donors (Lipinski definition) is 2. The first kappa shape index (κ1) is 21.6. The van der Waals surface area contributed by atoms with E-state index in [-0.39, 0.29) is 18.5 Å². The fourth-order valence-electron chi connectivity index (χ4n) is 4.72. The van der Waals surface area contributed by atoms with Gasteiger partial charge in [-0.3, -0.25) is 9.88 Å². The topological polar surface area (TPSA) is 66.2 Å². The van der Waals surface area contributed by atoms with Gasteiger partial charge < -0.3 is 15.0 Å². The molecule has 4 heterocycles. The number of aliphatic hydroxyl groups excluding tert-OH is 1. The van der Waals surface area contributed by atoms with Crippen LogP contribution in [0.1, 0.15) is 36.6 Å². The van der Waals surface area contributed by atoms with Crippen molar-refractivity contribution in [2.24, 2.45) is 0 Å². The van der Waals surface area contributed by atoms with E-state index < -0.39 is 0 Å².